The van der Waals surface area contributed by atoms with Crippen LogP contribution in [0.3, 0.4) is 0 Å². The van der Waals surface area contributed by atoms with Gasteiger partial charge in [0.15, 0.2) is 0 Å². The van der Waals surface area contributed by atoms with Gasteiger partial charge >= 0.3 is 0 Å². The Hall–Kier alpha value is -1.54. The second-order valence-electron chi connectivity index (χ2n) is 5.15. The first-order chi connectivity index (χ1) is 10.3. The van der Waals surface area contributed by atoms with Crippen molar-refractivity contribution in [3.05, 3.63) is 54.1 Å². The van der Waals surface area contributed by atoms with Crippen molar-refractivity contribution >= 4 is 0 Å². The van der Waals surface area contributed by atoms with Gasteiger partial charge in [-0.05, 0) is 49.3 Å². The van der Waals surface area contributed by atoms with Crippen LogP contribution < -0.4 is 4.74 Å². The van der Waals surface area contributed by atoms with E-state index in [2.05, 4.69) is 43.4 Å². The predicted molar refractivity (Wildman–Crippen MR) is 89.9 cm³/mol. The van der Waals surface area contributed by atoms with Gasteiger partial charge in [0.05, 0.1) is 13.7 Å². The second kappa shape index (κ2) is 11.2. The average Bonchev–Trinajstić information content (AvgIpc) is 2.53. The van der Waals surface area contributed by atoms with Gasteiger partial charge in [-0.15, -0.1) is 0 Å². The molecule has 0 N–H and O–H groups in total. The molecule has 21 heavy (non-hydrogen) atoms. The molecule has 116 valence electrons. The van der Waals surface area contributed by atoms with Crippen LogP contribution in [-0.2, 0) is 11.2 Å². The number of hydrogen-bond donors (Lipinski definition) is 0. The van der Waals surface area contributed by atoms with Gasteiger partial charge in [-0.2, -0.15) is 0 Å². The molecule has 2 nitrogen and oxygen atoms in total. The second-order valence-corrected chi connectivity index (χ2v) is 5.15. The summed E-state index contributed by atoms with van der Waals surface area (Å²) in [5, 5.41) is 0. The van der Waals surface area contributed by atoms with Crippen LogP contribution in [0.5, 0.6) is 5.75 Å². The van der Waals surface area contributed by atoms with Crippen molar-refractivity contribution in [2.45, 2.75) is 32.6 Å². The van der Waals surface area contributed by atoms with E-state index in [4.69, 9.17) is 9.47 Å². The molecule has 0 bridgehead atoms. The number of hydrogen-bond acceptors (Lipinski definition) is 2. The smallest absolute Gasteiger partial charge is 0.118 e. The maximum absolute atomic E-state index is 5.17. The summed E-state index contributed by atoms with van der Waals surface area (Å²) in [4.78, 5) is 0. The fourth-order valence-electron chi connectivity index (χ4n) is 2.19. The topological polar surface area (TPSA) is 18.5 Å². The summed E-state index contributed by atoms with van der Waals surface area (Å²) in [6, 6.07) is 8.28. The molecule has 0 aromatic heterocycles. The first-order valence-electron chi connectivity index (χ1n) is 7.73. The maximum Gasteiger partial charge on any atom is 0.118 e. The van der Waals surface area contributed by atoms with Crippen LogP contribution in [0.4, 0.5) is 0 Å². The number of methoxy groups -OCH3 is 2. The largest absolute Gasteiger partial charge is 0.497 e. The van der Waals surface area contributed by atoms with Gasteiger partial charge in [-0.3, -0.25) is 0 Å². The summed E-state index contributed by atoms with van der Waals surface area (Å²) < 4.78 is 10.2. The van der Waals surface area contributed by atoms with Crippen LogP contribution in [0.1, 0.15) is 31.7 Å². The quantitative estimate of drug-likeness (QED) is 0.576. The molecule has 0 heterocycles. The molecule has 1 atom stereocenters. The van der Waals surface area contributed by atoms with E-state index in [-0.39, 0.29) is 0 Å². The zero-order valence-electron chi connectivity index (χ0n) is 13.5. The van der Waals surface area contributed by atoms with Gasteiger partial charge in [0, 0.05) is 7.11 Å². The minimum atomic E-state index is 0.662. The standard InChI is InChI=1S/C19H28O2/c1-4-17(9-6-5-7-16-20-2)10-8-11-18-12-14-19(21-3)15-13-18/h5,7-8,10,12-15,17H,4,6,9,11,16H2,1-3H3/b7-5+,10-8+. The van der Waals surface area contributed by atoms with Crippen LogP contribution in [0.25, 0.3) is 0 Å². The van der Waals surface area contributed by atoms with E-state index in [0.29, 0.717) is 12.5 Å². The zero-order chi connectivity index (χ0) is 15.3. The molecule has 0 fully saturated rings. The van der Waals surface area contributed by atoms with Gasteiger partial charge in [-0.1, -0.05) is 43.4 Å². The molecule has 0 aliphatic heterocycles. The summed E-state index contributed by atoms with van der Waals surface area (Å²) in [6.07, 6.45) is 13.4. The van der Waals surface area contributed by atoms with Gasteiger partial charge < -0.3 is 9.47 Å². The molecule has 1 unspecified atom stereocenters. The summed E-state index contributed by atoms with van der Waals surface area (Å²) in [7, 11) is 3.42. The molecule has 0 aliphatic rings. The zero-order valence-corrected chi connectivity index (χ0v) is 13.5. The summed E-state index contributed by atoms with van der Waals surface area (Å²) in [5.74, 6) is 1.58. The molecular weight excluding hydrogens is 260 g/mol. The Labute approximate surface area is 129 Å². The van der Waals surface area contributed by atoms with Crippen molar-refractivity contribution in [1.82, 2.24) is 0 Å². The molecule has 0 saturated heterocycles. The highest BCUT2D eigenvalue weighted by molar-refractivity contribution is 5.28. The Morgan fingerprint density at radius 2 is 1.81 bits per heavy atom. The lowest BCUT2D eigenvalue weighted by molar-refractivity contribution is 0.233. The van der Waals surface area contributed by atoms with Gasteiger partial charge in [0.1, 0.15) is 5.75 Å². The molecule has 2 heteroatoms. The monoisotopic (exact) mass is 288 g/mol. The molecule has 1 aromatic rings. The lowest BCUT2D eigenvalue weighted by atomic mass is 9.98. The predicted octanol–water partition coefficient (Wildman–Crippen LogP) is 4.80. The number of allylic oxidation sites excluding steroid dienone is 3. The molecular formula is C19H28O2. The first kappa shape index (κ1) is 17.5. The van der Waals surface area contributed by atoms with E-state index in [1.165, 1.54) is 18.4 Å². The molecule has 1 rings (SSSR count). The third kappa shape index (κ3) is 7.72. The lowest BCUT2D eigenvalue weighted by Gasteiger charge is -2.08. The first-order valence-corrected chi connectivity index (χ1v) is 7.73. The van der Waals surface area contributed by atoms with Crippen LogP contribution in [0.15, 0.2) is 48.6 Å². The van der Waals surface area contributed by atoms with Crippen molar-refractivity contribution in [1.29, 1.82) is 0 Å². The average molecular weight is 288 g/mol. The number of rotatable bonds is 10. The molecule has 0 spiro atoms. The van der Waals surface area contributed by atoms with Crippen molar-refractivity contribution in [3.63, 3.8) is 0 Å². The Morgan fingerprint density at radius 1 is 1.05 bits per heavy atom. The normalized spacial score (nSPS) is 13.1. The number of ether oxygens (including phenoxy) is 2. The maximum atomic E-state index is 5.17. The molecule has 0 amide bonds. The third-order valence-corrected chi connectivity index (χ3v) is 3.58. The Kier molecular flexibility index (Phi) is 9.30. The van der Waals surface area contributed by atoms with E-state index in [0.717, 1.165) is 18.6 Å². The van der Waals surface area contributed by atoms with Gasteiger partial charge in [-0.25, -0.2) is 0 Å². The molecule has 1 aromatic carbocycles. The van der Waals surface area contributed by atoms with Crippen LogP contribution in [0, 0.1) is 5.92 Å². The fraction of sp³-hybridized carbons (Fsp3) is 0.474. The Morgan fingerprint density at radius 3 is 2.43 bits per heavy atom. The highest BCUT2D eigenvalue weighted by Crippen LogP contribution is 2.15. The lowest BCUT2D eigenvalue weighted by Crippen LogP contribution is -1.94. The van der Waals surface area contributed by atoms with E-state index in [1.807, 2.05) is 12.1 Å². The van der Waals surface area contributed by atoms with Crippen LogP contribution in [-0.4, -0.2) is 20.8 Å². The van der Waals surface area contributed by atoms with E-state index >= 15 is 0 Å². The van der Waals surface area contributed by atoms with Gasteiger partial charge in [0.2, 0.25) is 0 Å². The summed E-state index contributed by atoms with van der Waals surface area (Å²) >= 11 is 0. The SMILES string of the molecule is CCC(/C=C/Cc1ccc(OC)cc1)CC/C=C/COC. The Bertz CT molecular complexity index is 418. The fourth-order valence-corrected chi connectivity index (χ4v) is 2.19. The van der Waals surface area contributed by atoms with Crippen molar-refractivity contribution in [2.24, 2.45) is 5.92 Å². The van der Waals surface area contributed by atoms with Crippen LogP contribution in [0.2, 0.25) is 0 Å². The highest BCUT2D eigenvalue weighted by atomic mass is 16.5. The van der Waals surface area contributed by atoms with Crippen molar-refractivity contribution < 1.29 is 9.47 Å². The summed E-state index contributed by atoms with van der Waals surface area (Å²) in [5.41, 5.74) is 1.32. The number of benzene rings is 1. The third-order valence-electron chi connectivity index (χ3n) is 3.58. The molecule has 0 saturated carbocycles. The van der Waals surface area contributed by atoms with E-state index in [9.17, 15) is 0 Å². The van der Waals surface area contributed by atoms with Crippen LogP contribution >= 0.6 is 0 Å². The molecule has 0 aliphatic carbocycles. The van der Waals surface area contributed by atoms with E-state index in [1.54, 1.807) is 14.2 Å². The van der Waals surface area contributed by atoms with Crippen molar-refractivity contribution in [3.8, 4) is 5.75 Å². The minimum absolute atomic E-state index is 0.662. The minimum Gasteiger partial charge on any atom is -0.497 e. The van der Waals surface area contributed by atoms with E-state index < -0.39 is 0 Å². The summed E-state index contributed by atoms with van der Waals surface area (Å²) in [6.45, 7) is 2.96. The molecule has 0 radical (unpaired) electrons. The van der Waals surface area contributed by atoms with Crippen molar-refractivity contribution in [2.75, 3.05) is 20.8 Å². The Balaban J connectivity index is 2.34. The van der Waals surface area contributed by atoms with Gasteiger partial charge in [0.25, 0.3) is 0 Å². The highest BCUT2D eigenvalue weighted by Gasteiger charge is 2.00.